The molecule has 0 spiro atoms. The van der Waals surface area contributed by atoms with Crippen LogP contribution in [0.15, 0.2) is 60.7 Å². The van der Waals surface area contributed by atoms with Crippen LogP contribution in [0.1, 0.15) is 115 Å². The molecule has 4 aromatic carbocycles. The van der Waals surface area contributed by atoms with Crippen LogP contribution < -0.4 is 20.1 Å². The van der Waals surface area contributed by atoms with Gasteiger partial charge in [0.2, 0.25) is 0 Å². The molecule has 0 saturated heterocycles. The second-order valence-electron chi connectivity index (χ2n) is 15.0. The Labute approximate surface area is 315 Å². The van der Waals surface area contributed by atoms with E-state index in [1.165, 1.54) is 17.7 Å². The summed E-state index contributed by atoms with van der Waals surface area (Å²) in [4.78, 5) is 36.3. The van der Waals surface area contributed by atoms with E-state index in [0.717, 1.165) is 63.4 Å². The third kappa shape index (κ3) is 7.60. The second kappa shape index (κ2) is 14.6. The zero-order chi connectivity index (χ0) is 38.4. The van der Waals surface area contributed by atoms with Crippen LogP contribution in [0.25, 0.3) is 23.3 Å². The number of aryl methyl sites for hydroxylation is 1. The van der Waals surface area contributed by atoms with Crippen molar-refractivity contribution in [3.05, 3.63) is 116 Å². The van der Waals surface area contributed by atoms with Crippen LogP contribution in [0.4, 0.5) is 11.4 Å². The quantitative estimate of drug-likeness (QED) is 0.170. The molecule has 53 heavy (non-hydrogen) atoms. The summed E-state index contributed by atoms with van der Waals surface area (Å²) in [6, 6.07) is 18.5. The molecular formula is C44H45ClN2O6. The maximum Gasteiger partial charge on any atom is 0.335 e. The molecule has 0 bridgehead atoms. The Morgan fingerprint density at radius 3 is 2.13 bits per heavy atom. The second-order valence-corrected chi connectivity index (χ2v) is 15.4. The van der Waals surface area contributed by atoms with E-state index in [1.807, 2.05) is 55.5 Å². The lowest BCUT2D eigenvalue weighted by Gasteiger charge is -2.32. The molecule has 2 amide bonds. The minimum absolute atomic E-state index is 0.0875. The minimum Gasteiger partial charge on any atom is -0.496 e. The van der Waals surface area contributed by atoms with Crippen molar-refractivity contribution in [3.8, 4) is 11.5 Å². The summed E-state index contributed by atoms with van der Waals surface area (Å²) in [5.74, 6) is 1.00. The maximum absolute atomic E-state index is 12.5. The number of anilines is 2. The monoisotopic (exact) mass is 732 g/mol. The van der Waals surface area contributed by atoms with Crippen molar-refractivity contribution in [2.45, 2.75) is 78.7 Å². The number of carboxylic acid groups (broad SMARTS) is 1. The zero-order valence-corrected chi connectivity index (χ0v) is 32.1. The van der Waals surface area contributed by atoms with Gasteiger partial charge in [0.25, 0.3) is 11.8 Å². The predicted octanol–water partition coefficient (Wildman–Crippen LogP) is 10.4. The Hall–Kier alpha value is -5.34. The van der Waals surface area contributed by atoms with Crippen molar-refractivity contribution >= 4 is 64.1 Å². The van der Waals surface area contributed by atoms with E-state index in [0.29, 0.717) is 27.4 Å². The van der Waals surface area contributed by atoms with Crippen molar-refractivity contribution in [2.24, 2.45) is 0 Å². The molecule has 0 aliphatic carbocycles. The Bertz CT molecular complexity index is 2200. The number of aromatic carboxylic acids is 1. The number of ether oxygens (including phenoxy) is 2. The molecule has 0 fully saturated rings. The van der Waals surface area contributed by atoms with Crippen LogP contribution in [0.3, 0.4) is 0 Å². The number of halogens is 1. The van der Waals surface area contributed by atoms with E-state index in [2.05, 4.69) is 58.2 Å². The normalized spacial score (nSPS) is 16.7. The van der Waals surface area contributed by atoms with Crippen LogP contribution in [-0.4, -0.2) is 35.6 Å². The lowest BCUT2D eigenvalue weighted by molar-refractivity contribution is -0.111. The fourth-order valence-corrected chi connectivity index (χ4v) is 7.18. The molecule has 4 aromatic rings. The lowest BCUT2D eigenvalue weighted by Crippen LogP contribution is -2.32. The summed E-state index contributed by atoms with van der Waals surface area (Å²) in [6.45, 7) is 14.6. The average Bonchev–Trinajstić information content (AvgIpc) is 3.59. The van der Waals surface area contributed by atoms with Crippen LogP contribution in [0.2, 0.25) is 5.02 Å². The van der Waals surface area contributed by atoms with Gasteiger partial charge in [-0.3, -0.25) is 9.59 Å². The van der Waals surface area contributed by atoms with Crippen molar-refractivity contribution < 1.29 is 29.0 Å². The molecule has 0 aromatic heterocycles. The summed E-state index contributed by atoms with van der Waals surface area (Å²) in [5, 5.41) is 15.7. The maximum atomic E-state index is 12.5. The smallest absolute Gasteiger partial charge is 0.335 e. The zero-order valence-electron chi connectivity index (χ0n) is 31.4. The molecule has 8 nitrogen and oxygen atoms in total. The van der Waals surface area contributed by atoms with E-state index in [-0.39, 0.29) is 34.8 Å². The van der Waals surface area contributed by atoms with Gasteiger partial charge in [0.1, 0.15) is 17.1 Å². The van der Waals surface area contributed by atoms with Crippen molar-refractivity contribution in [1.29, 1.82) is 0 Å². The van der Waals surface area contributed by atoms with Gasteiger partial charge in [0.15, 0.2) is 0 Å². The van der Waals surface area contributed by atoms with Gasteiger partial charge in [-0.05, 0) is 146 Å². The fourth-order valence-electron chi connectivity index (χ4n) is 7.02. The Balaban J connectivity index is 0.000000182. The highest BCUT2D eigenvalue weighted by atomic mass is 35.5. The van der Waals surface area contributed by atoms with Crippen LogP contribution in [-0.2, 0) is 16.0 Å². The first-order valence-electron chi connectivity index (χ1n) is 17.8. The first-order chi connectivity index (χ1) is 25.1. The van der Waals surface area contributed by atoms with E-state index in [4.69, 9.17) is 21.1 Å². The highest BCUT2D eigenvalue weighted by Gasteiger charge is 2.29. The molecule has 3 heterocycles. The number of hydrogen-bond donors (Lipinski definition) is 3. The molecule has 0 unspecified atom stereocenters. The van der Waals surface area contributed by atoms with Gasteiger partial charge in [-0.2, -0.15) is 0 Å². The Morgan fingerprint density at radius 2 is 1.49 bits per heavy atom. The number of nitrogens with one attached hydrogen (secondary N) is 2. The van der Waals surface area contributed by atoms with Crippen LogP contribution >= 0.6 is 11.6 Å². The molecule has 3 aliphatic rings. The first kappa shape index (κ1) is 37.4. The summed E-state index contributed by atoms with van der Waals surface area (Å²) in [6.07, 6.45) is 5.72. The van der Waals surface area contributed by atoms with Gasteiger partial charge < -0.3 is 25.2 Å². The van der Waals surface area contributed by atoms with Gasteiger partial charge in [-0.25, -0.2) is 4.79 Å². The Kier molecular flexibility index (Phi) is 10.3. The summed E-state index contributed by atoms with van der Waals surface area (Å²) < 4.78 is 11.7. The number of benzene rings is 4. The van der Waals surface area contributed by atoms with Crippen LogP contribution in [0, 0.1) is 6.92 Å². The van der Waals surface area contributed by atoms with Gasteiger partial charge in [-0.15, -0.1) is 0 Å². The summed E-state index contributed by atoms with van der Waals surface area (Å²) in [5.41, 5.74) is 10.3. The minimum atomic E-state index is -1.02. The molecule has 3 N–H and O–H groups in total. The Morgan fingerprint density at radius 1 is 0.868 bits per heavy atom. The highest BCUT2D eigenvalue weighted by Crippen LogP contribution is 2.41. The molecule has 3 aliphatic heterocycles. The third-order valence-corrected chi connectivity index (χ3v) is 10.3. The fraction of sp³-hybridized carbons (Fsp3) is 0.295. The van der Waals surface area contributed by atoms with E-state index < -0.39 is 5.97 Å². The largest absolute Gasteiger partial charge is 0.496 e. The molecule has 0 atom stereocenters. The van der Waals surface area contributed by atoms with E-state index >= 15 is 0 Å². The molecule has 0 radical (unpaired) electrons. The van der Waals surface area contributed by atoms with E-state index in [1.54, 1.807) is 13.2 Å². The van der Waals surface area contributed by atoms with Crippen molar-refractivity contribution in [1.82, 2.24) is 0 Å². The topological polar surface area (TPSA) is 114 Å². The van der Waals surface area contributed by atoms with Crippen molar-refractivity contribution in [2.75, 3.05) is 17.7 Å². The summed E-state index contributed by atoms with van der Waals surface area (Å²) in [7, 11) is 1.68. The van der Waals surface area contributed by atoms with Crippen molar-refractivity contribution in [3.63, 3.8) is 0 Å². The van der Waals surface area contributed by atoms with Crippen LogP contribution in [0.5, 0.6) is 11.5 Å². The molecule has 274 valence electrons. The number of fused-ring (bicyclic) bond motifs is 3. The van der Waals surface area contributed by atoms with E-state index in [9.17, 15) is 19.5 Å². The number of amides is 2. The number of carbonyl (C=O) groups is 3. The van der Waals surface area contributed by atoms with Gasteiger partial charge >= 0.3 is 5.97 Å². The molecule has 7 rings (SSSR count). The number of hydrogen-bond acceptors (Lipinski definition) is 5. The number of carbonyl (C=O) groups excluding carboxylic acids is 2. The SMILES string of the molecule is COc1c(C(C)C)cc(C=C2C(=O)Nc3ccc(C(=O)O)cc32)cc1C(C)C.Cc1c(Cl)ccc2c1C(=Cc1ccc3c(c1)CCC(C)(C)O3)C(=O)N2. The first-order valence-corrected chi connectivity index (χ1v) is 18.2. The molecule has 0 saturated carbocycles. The standard InChI is InChI=1S/C23H25NO4.C21H20ClNO2/c1-12(2)16-8-14(9-17(13(3)4)21(16)28-5)10-19-18-11-15(23(26)27)6-7-20(18)24-22(19)25;1-12-16(22)5-6-17-19(12)15(20(24)23-17)11-13-4-7-18-14(10-13)8-9-21(2,3)25-18/h6-13H,1-5H3,(H,24,25)(H,26,27);4-7,10-11H,8-9H2,1-3H3,(H,23,24). The highest BCUT2D eigenvalue weighted by molar-refractivity contribution is 6.38. The average molecular weight is 733 g/mol. The number of methoxy groups -OCH3 is 1. The predicted molar refractivity (Wildman–Crippen MR) is 213 cm³/mol. The van der Waals surface area contributed by atoms with Gasteiger partial charge in [-0.1, -0.05) is 45.4 Å². The summed E-state index contributed by atoms with van der Waals surface area (Å²) >= 11 is 6.25. The lowest BCUT2D eigenvalue weighted by atomic mass is 9.90. The third-order valence-electron chi connectivity index (χ3n) is 9.92. The number of carboxylic acids is 1. The molecule has 9 heteroatoms. The van der Waals surface area contributed by atoms with Gasteiger partial charge in [0.05, 0.1) is 12.7 Å². The number of rotatable bonds is 6. The van der Waals surface area contributed by atoms with Gasteiger partial charge in [0, 0.05) is 38.7 Å². The molecular weight excluding hydrogens is 688 g/mol.